The van der Waals surface area contributed by atoms with E-state index >= 15 is 0 Å². The number of benzene rings is 1. The van der Waals surface area contributed by atoms with Gasteiger partial charge in [0, 0.05) is 5.56 Å². The molecule has 0 bridgehead atoms. The monoisotopic (exact) mass is 407 g/mol. The number of halogens is 2. The number of fused-ring (bicyclic) bond motifs is 3. The summed E-state index contributed by atoms with van der Waals surface area (Å²) >= 11 is 0. The molecule has 7 nitrogen and oxygen atoms in total. The van der Waals surface area contributed by atoms with E-state index in [1.165, 1.54) is 12.4 Å². The summed E-state index contributed by atoms with van der Waals surface area (Å²) in [4.78, 5) is 7.79. The van der Waals surface area contributed by atoms with E-state index in [4.69, 9.17) is 9.47 Å². The van der Waals surface area contributed by atoms with Gasteiger partial charge in [0.2, 0.25) is 0 Å². The Balaban J connectivity index is 1.54. The lowest BCUT2D eigenvalue weighted by Gasteiger charge is -2.16. The van der Waals surface area contributed by atoms with Crippen LogP contribution < -0.4 is 9.47 Å². The molecule has 1 aromatic carbocycles. The van der Waals surface area contributed by atoms with Crippen molar-refractivity contribution in [2.24, 2.45) is 0 Å². The number of pyridine rings is 1. The van der Waals surface area contributed by atoms with Gasteiger partial charge in [-0.15, -0.1) is 10.2 Å². The Morgan fingerprint density at radius 2 is 1.90 bits per heavy atom. The van der Waals surface area contributed by atoms with Crippen LogP contribution in [0.15, 0.2) is 37.1 Å². The van der Waals surface area contributed by atoms with Crippen molar-refractivity contribution in [3.05, 3.63) is 65.5 Å². The molecule has 0 radical (unpaired) electrons. The second kappa shape index (κ2) is 6.45. The summed E-state index contributed by atoms with van der Waals surface area (Å²) in [6.45, 7) is 0.749. The molecule has 0 N–H and O–H groups in total. The zero-order valence-corrected chi connectivity index (χ0v) is 15.7. The minimum Gasteiger partial charge on any atom is -0.493 e. The van der Waals surface area contributed by atoms with E-state index in [0.717, 1.165) is 17.5 Å². The average Bonchev–Trinajstić information content (AvgIpc) is 3.40. The molecule has 0 saturated heterocycles. The summed E-state index contributed by atoms with van der Waals surface area (Å²) in [6.07, 6.45) is 4.91. The van der Waals surface area contributed by atoms with E-state index in [9.17, 15) is 8.78 Å². The van der Waals surface area contributed by atoms with Crippen molar-refractivity contribution in [2.75, 3.05) is 13.2 Å². The fourth-order valence-corrected chi connectivity index (χ4v) is 4.35. The average molecular weight is 407 g/mol. The van der Waals surface area contributed by atoms with Crippen LogP contribution in [0.25, 0.3) is 16.9 Å². The van der Waals surface area contributed by atoms with E-state index in [1.807, 2.05) is 0 Å². The molecule has 6 rings (SSSR count). The highest BCUT2D eigenvalue weighted by molar-refractivity contribution is 5.77. The number of aryl methyl sites for hydroxylation is 1. The Morgan fingerprint density at radius 1 is 1.03 bits per heavy atom. The van der Waals surface area contributed by atoms with Gasteiger partial charge in [0.15, 0.2) is 11.5 Å². The highest BCUT2D eigenvalue weighted by atomic mass is 19.1. The molecule has 9 heteroatoms. The zero-order valence-electron chi connectivity index (χ0n) is 15.7. The predicted molar refractivity (Wildman–Crippen MR) is 102 cm³/mol. The fourth-order valence-electron chi connectivity index (χ4n) is 4.35. The molecule has 0 amide bonds. The molecule has 0 saturated carbocycles. The first-order valence-electron chi connectivity index (χ1n) is 9.59. The number of rotatable bonds is 1. The van der Waals surface area contributed by atoms with E-state index in [2.05, 4.69) is 20.2 Å². The molecule has 1 atom stereocenters. The van der Waals surface area contributed by atoms with Crippen molar-refractivity contribution in [3.63, 3.8) is 0 Å². The van der Waals surface area contributed by atoms with Crippen LogP contribution in [0, 0.1) is 11.6 Å². The molecule has 150 valence electrons. The van der Waals surface area contributed by atoms with Gasteiger partial charge in [0.25, 0.3) is 0 Å². The molecule has 4 aromatic rings. The van der Waals surface area contributed by atoms with Crippen LogP contribution in [0.3, 0.4) is 0 Å². The van der Waals surface area contributed by atoms with E-state index < -0.39 is 5.82 Å². The Kier molecular flexibility index (Phi) is 3.71. The number of ether oxygens (including phenoxy) is 2. The maximum absolute atomic E-state index is 14.7. The minimum atomic E-state index is -0.561. The smallest absolute Gasteiger partial charge is 0.170 e. The zero-order chi connectivity index (χ0) is 20.2. The number of hydrogen-bond donors (Lipinski definition) is 0. The quantitative estimate of drug-likeness (QED) is 0.483. The van der Waals surface area contributed by atoms with Crippen molar-refractivity contribution in [1.82, 2.24) is 24.6 Å². The second-order valence-corrected chi connectivity index (χ2v) is 7.37. The van der Waals surface area contributed by atoms with Crippen LogP contribution in [0.2, 0.25) is 0 Å². The molecule has 3 aromatic heterocycles. The molecule has 2 aliphatic rings. The topological polar surface area (TPSA) is 74.4 Å². The summed E-state index contributed by atoms with van der Waals surface area (Å²) < 4.78 is 42.8. The van der Waals surface area contributed by atoms with E-state index in [1.54, 1.807) is 22.9 Å². The standard InChI is InChI=1S/C21H15F2N5O2/c22-14-2-4-17-19-11(7-29-17)8-30-18-5-13(20-15(23)6-24-9-25-20)21-27-26-10-28(21)16(18)3-1-12(14)19/h2,4-6,9-11H,1,3,7-8H2/t11-/m1/s1. The largest absolute Gasteiger partial charge is 0.493 e. The van der Waals surface area contributed by atoms with Crippen molar-refractivity contribution < 1.29 is 18.3 Å². The minimum absolute atomic E-state index is 0.0764. The highest BCUT2D eigenvalue weighted by Gasteiger charge is 2.31. The lowest BCUT2D eigenvalue weighted by atomic mass is 9.93. The molecular weight excluding hydrogens is 392 g/mol. The van der Waals surface area contributed by atoms with Crippen LogP contribution in [-0.2, 0) is 12.8 Å². The lowest BCUT2D eigenvalue weighted by Crippen LogP contribution is -2.13. The SMILES string of the molecule is Fc1cncnc1-c1cc2c(n3cnnc13)CCc1c(F)ccc3c1[C@H](CO3)CO2. The molecular formula is C21H15F2N5O2. The molecule has 0 aliphatic carbocycles. The van der Waals surface area contributed by atoms with Gasteiger partial charge in [-0.2, -0.15) is 0 Å². The molecule has 0 spiro atoms. The Hall–Kier alpha value is -3.62. The van der Waals surface area contributed by atoms with Crippen LogP contribution in [0.1, 0.15) is 22.7 Å². The van der Waals surface area contributed by atoms with Gasteiger partial charge in [0.05, 0.1) is 36.6 Å². The summed E-state index contributed by atoms with van der Waals surface area (Å²) in [5.41, 5.74) is 3.36. The molecule has 0 unspecified atom stereocenters. The van der Waals surface area contributed by atoms with Crippen LogP contribution in [0.5, 0.6) is 11.5 Å². The first-order chi connectivity index (χ1) is 14.7. The van der Waals surface area contributed by atoms with Crippen LogP contribution in [0.4, 0.5) is 8.78 Å². The van der Waals surface area contributed by atoms with Gasteiger partial charge < -0.3 is 9.47 Å². The second-order valence-electron chi connectivity index (χ2n) is 7.37. The van der Waals surface area contributed by atoms with Gasteiger partial charge in [-0.25, -0.2) is 18.7 Å². The molecule has 30 heavy (non-hydrogen) atoms. The van der Waals surface area contributed by atoms with Crippen molar-refractivity contribution in [1.29, 1.82) is 0 Å². The van der Waals surface area contributed by atoms with Crippen LogP contribution >= 0.6 is 0 Å². The third-order valence-corrected chi connectivity index (χ3v) is 5.72. The summed E-state index contributed by atoms with van der Waals surface area (Å²) in [6, 6.07) is 4.85. The lowest BCUT2D eigenvalue weighted by molar-refractivity contribution is 0.246. The van der Waals surface area contributed by atoms with Gasteiger partial charge in [-0.05, 0) is 36.6 Å². The highest BCUT2D eigenvalue weighted by Crippen LogP contribution is 2.41. The summed E-state index contributed by atoms with van der Waals surface area (Å²) in [7, 11) is 0. The molecule has 0 fully saturated rings. The normalized spacial score (nSPS) is 17.3. The fraction of sp³-hybridized carbons (Fsp3) is 0.238. The number of nitrogens with zero attached hydrogens (tertiary/aromatic N) is 5. The van der Waals surface area contributed by atoms with Crippen molar-refractivity contribution in [2.45, 2.75) is 18.8 Å². The maximum Gasteiger partial charge on any atom is 0.170 e. The third kappa shape index (κ3) is 2.47. The van der Waals surface area contributed by atoms with Gasteiger partial charge in [0.1, 0.15) is 35.7 Å². The van der Waals surface area contributed by atoms with E-state index in [0.29, 0.717) is 54.3 Å². The van der Waals surface area contributed by atoms with Gasteiger partial charge in [-0.3, -0.25) is 4.40 Å². The summed E-state index contributed by atoms with van der Waals surface area (Å²) in [5, 5.41) is 8.16. The van der Waals surface area contributed by atoms with Gasteiger partial charge >= 0.3 is 0 Å². The Bertz CT molecular complexity index is 1310. The number of aromatic nitrogens is 5. The number of hydrogen-bond acceptors (Lipinski definition) is 6. The maximum atomic E-state index is 14.7. The predicted octanol–water partition coefficient (Wildman–Crippen LogP) is 3.12. The Labute approximate surface area is 169 Å². The van der Waals surface area contributed by atoms with Crippen molar-refractivity contribution >= 4 is 5.65 Å². The first-order valence-corrected chi connectivity index (χ1v) is 9.59. The van der Waals surface area contributed by atoms with Crippen LogP contribution in [-0.4, -0.2) is 37.8 Å². The Morgan fingerprint density at radius 3 is 2.77 bits per heavy atom. The van der Waals surface area contributed by atoms with E-state index in [-0.39, 0.29) is 17.4 Å². The third-order valence-electron chi connectivity index (χ3n) is 5.72. The first kappa shape index (κ1) is 17.3. The van der Waals surface area contributed by atoms with Crippen molar-refractivity contribution in [3.8, 4) is 22.8 Å². The molecule has 2 aliphatic heterocycles. The summed E-state index contributed by atoms with van der Waals surface area (Å²) in [5.74, 6) is 0.398. The molecule has 5 heterocycles. The van der Waals surface area contributed by atoms with Gasteiger partial charge in [-0.1, -0.05) is 0 Å².